The second-order valence-electron chi connectivity index (χ2n) is 0.641. The van der Waals surface area contributed by atoms with Crippen LogP contribution in [-0.2, 0) is 21.6 Å². The van der Waals surface area contributed by atoms with Crippen molar-refractivity contribution >= 4 is 0 Å². The van der Waals surface area contributed by atoms with Crippen molar-refractivity contribution in [2.24, 2.45) is 0 Å². The second-order valence-corrected chi connectivity index (χ2v) is 0.641. The van der Waals surface area contributed by atoms with Gasteiger partial charge in [-0.2, -0.15) is 0 Å². The molecule has 0 aliphatic rings. The Hall–Kier alpha value is -0.294. The number of rotatable bonds is 2. The van der Waals surface area contributed by atoms with E-state index in [0.29, 0.717) is 0 Å². The van der Waals surface area contributed by atoms with Crippen LogP contribution in [0.15, 0.2) is 0 Å². The predicted molar refractivity (Wildman–Crippen MR) is 18.6 cm³/mol. The van der Waals surface area contributed by atoms with Gasteiger partial charge in [0.1, 0.15) is 0 Å². The minimum Gasteiger partial charge on any atom is -0.314 e. The van der Waals surface area contributed by atoms with Gasteiger partial charge in [0.15, 0.2) is 0 Å². The zero-order chi connectivity index (χ0) is 4.99. The van der Waals surface area contributed by atoms with Crippen molar-refractivity contribution in [2.75, 3.05) is 6.61 Å². The molecule has 0 saturated carbocycles. The molecule has 0 unspecified atom stereocenters. The number of nitrogens with zero attached hydrogens (tertiary/aromatic N) is 1. The summed E-state index contributed by atoms with van der Waals surface area (Å²) in [6.45, 7) is 1.69. The Morgan fingerprint density at radius 2 is 2.29 bits per heavy atom. The number of hydrogen-bond donors (Lipinski definition) is 0. The summed E-state index contributed by atoms with van der Waals surface area (Å²) < 4.78 is 0. The van der Waals surface area contributed by atoms with E-state index in [1.165, 1.54) is 0 Å². The van der Waals surface area contributed by atoms with Crippen molar-refractivity contribution in [1.29, 1.82) is 0 Å². The minimum absolute atomic E-state index is 0. The maximum atomic E-state index is 9.18. The monoisotopic (exact) mass is 150 g/mol. The Labute approximate surface area is 51.1 Å². The van der Waals surface area contributed by atoms with Gasteiger partial charge in [0.25, 0.3) is 5.09 Å². The molecular weight excluding hydrogens is 145 g/mol. The van der Waals surface area contributed by atoms with Crippen LogP contribution in [0.3, 0.4) is 0 Å². The maximum Gasteiger partial charge on any atom is 0.294 e. The largest absolute Gasteiger partial charge is 0.314 e. The molecule has 45 valence electrons. The Kier molecular flexibility index (Phi) is 8.04. The number of hydrogen-bond acceptors (Lipinski definition) is 3. The summed E-state index contributed by atoms with van der Waals surface area (Å²) >= 11 is 0. The molecule has 0 spiro atoms. The molecule has 0 heterocycles. The minimum atomic E-state index is -0.819. The molecule has 0 N–H and O–H groups in total. The standard InChI is InChI=1S/C2H5NO3.Co/c1-2-6-3(4)5;/h2H2,1H3;. The molecule has 1 radical (unpaired) electrons. The van der Waals surface area contributed by atoms with Gasteiger partial charge < -0.3 is 4.84 Å². The Balaban J connectivity index is 0. The molecular formula is C2H5CoNO3. The van der Waals surface area contributed by atoms with Crippen LogP contribution in [0, 0.1) is 10.1 Å². The topological polar surface area (TPSA) is 52.4 Å². The van der Waals surface area contributed by atoms with E-state index in [2.05, 4.69) is 4.84 Å². The van der Waals surface area contributed by atoms with Crippen molar-refractivity contribution in [1.82, 2.24) is 0 Å². The van der Waals surface area contributed by atoms with Crippen molar-refractivity contribution in [3.8, 4) is 0 Å². The van der Waals surface area contributed by atoms with Gasteiger partial charge in [-0.3, -0.25) is 0 Å². The zero-order valence-corrected chi connectivity index (χ0v) is 4.75. The van der Waals surface area contributed by atoms with Gasteiger partial charge in [-0.25, -0.2) is 0 Å². The van der Waals surface area contributed by atoms with E-state index >= 15 is 0 Å². The third-order valence-electron chi connectivity index (χ3n) is 0.235. The summed E-state index contributed by atoms with van der Waals surface area (Å²) in [4.78, 5) is 12.9. The van der Waals surface area contributed by atoms with Crippen LogP contribution >= 0.6 is 0 Å². The van der Waals surface area contributed by atoms with Crippen LogP contribution in [0.1, 0.15) is 6.92 Å². The summed E-state index contributed by atoms with van der Waals surface area (Å²) in [7, 11) is 0. The summed E-state index contributed by atoms with van der Waals surface area (Å²) in [5.41, 5.74) is 0. The first-order valence-electron chi connectivity index (χ1n) is 1.54. The summed E-state index contributed by atoms with van der Waals surface area (Å²) in [6, 6.07) is 0. The fourth-order valence-electron chi connectivity index (χ4n) is 0.105. The molecule has 7 heavy (non-hydrogen) atoms. The van der Waals surface area contributed by atoms with E-state index in [0.717, 1.165) is 0 Å². The van der Waals surface area contributed by atoms with E-state index in [-0.39, 0.29) is 23.4 Å². The van der Waals surface area contributed by atoms with E-state index in [9.17, 15) is 10.1 Å². The first-order valence-corrected chi connectivity index (χ1v) is 1.54. The predicted octanol–water partition coefficient (Wildman–Crippen LogP) is 0.212. The normalized spacial score (nSPS) is 6.43. The summed E-state index contributed by atoms with van der Waals surface area (Å²) in [6.07, 6.45) is 0. The molecule has 0 aromatic rings. The Morgan fingerprint density at radius 1 is 1.86 bits per heavy atom. The molecule has 0 saturated heterocycles. The van der Waals surface area contributed by atoms with Gasteiger partial charge >= 0.3 is 0 Å². The smallest absolute Gasteiger partial charge is 0.294 e. The molecule has 0 fully saturated rings. The maximum absolute atomic E-state index is 9.18. The summed E-state index contributed by atoms with van der Waals surface area (Å²) in [5, 5.41) is 8.36. The summed E-state index contributed by atoms with van der Waals surface area (Å²) in [5.74, 6) is 0. The Morgan fingerprint density at radius 3 is 2.29 bits per heavy atom. The van der Waals surface area contributed by atoms with Gasteiger partial charge in [0.05, 0.1) is 6.61 Å². The molecule has 0 atom stereocenters. The van der Waals surface area contributed by atoms with Gasteiger partial charge in [-0.15, -0.1) is 10.1 Å². The zero-order valence-electron chi connectivity index (χ0n) is 3.71. The van der Waals surface area contributed by atoms with E-state index < -0.39 is 5.09 Å². The third-order valence-corrected chi connectivity index (χ3v) is 0.235. The average molecular weight is 150 g/mol. The van der Waals surface area contributed by atoms with E-state index in [4.69, 9.17) is 0 Å². The Bertz CT molecular complexity index is 56.9. The molecule has 0 aromatic carbocycles. The molecule has 0 bridgehead atoms. The molecule has 4 nitrogen and oxygen atoms in total. The molecule has 0 rings (SSSR count). The van der Waals surface area contributed by atoms with Gasteiger partial charge in [-0.05, 0) is 6.92 Å². The van der Waals surface area contributed by atoms with Crippen molar-refractivity contribution in [3.05, 3.63) is 10.1 Å². The van der Waals surface area contributed by atoms with Crippen LogP contribution in [0.5, 0.6) is 0 Å². The third kappa shape index (κ3) is 10.7. The van der Waals surface area contributed by atoms with Crippen LogP contribution in [0.25, 0.3) is 0 Å². The van der Waals surface area contributed by atoms with Gasteiger partial charge in [-0.1, -0.05) is 0 Å². The van der Waals surface area contributed by atoms with Crippen molar-refractivity contribution in [2.45, 2.75) is 6.92 Å². The first-order chi connectivity index (χ1) is 2.77. The molecule has 0 aliphatic carbocycles. The fourth-order valence-corrected chi connectivity index (χ4v) is 0.105. The molecule has 0 amide bonds. The van der Waals surface area contributed by atoms with Crippen LogP contribution in [0.2, 0.25) is 0 Å². The van der Waals surface area contributed by atoms with Crippen molar-refractivity contribution < 1.29 is 26.7 Å². The van der Waals surface area contributed by atoms with Gasteiger partial charge in [0, 0.05) is 16.8 Å². The van der Waals surface area contributed by atoms with Crippen LogP contribution in [0.4, 0.5) is 0 Å². The van der Waals surface area contributed by atoms with Gasteiger partial charge in [0.2, 0.25) is 0 Å². The molecule has 0 aromatic heterocycles. The SMILES string of the molecule is CCO[N+](=O)[O-].[Co]. The van der Waals surface area contributed by atoms with Crippen LogP contribution in [-0.4, -0.2) is 11.7 Å². The van der Waals surface area contributed by atoms with Crippen molar-refractivity contribution in [3.63, 3.8) is 0 Å². The average Bonchev–Trinajstić information content (AvgIpc) is 1.35. The molecule has 5 heteroatoms. The fraction of sp³-hybridized carbons (Fsp3) is 1.00. The van der Waals surface area contributed by atoms with E-state index in [1.807, 2.05) is 0 Å². The molecule has 0 aliphatic heterocycles. The second kappa shape index (κ2) is 5.71. The quantitative estimate of drug-likeness (QED) is 0.417. The van der Waals surface area contributed by atoms with E-state index in [1.54, 1.807) is 6.92 Å². The first kappa shape index (κ1) is 9.86. The van der Waals surface area contributed by atoms with Crippen LogP contribution < -0.4 is 0 Å².